The van der Waals surface area contributed by atoms with Crippen LogP contribution >= 0.6 is 0 Å². The molecule has 0 fully saturated rings. The minimum absolute atomic E-state index is 0.319. The summed E-state index contributed by atoms with van der Waals surface area (Å²) in [5.41, 5.74) is 1.18. The van der Waals surface area contributed by atoms with Gasteiger partial charge in [-0.25, -0.2) is 0 Å². The van der Waals surface area contributed by atoms with Crippen LogP contribution in [0.5, 0.6) is 5.75 Å². The first-order chi connectivity index (χ1) is 4.83. The minimum Gasteiger partial charge on any atom is -0.508 e. The first-order valence-corrected chi connectivity index (χ1v) is 3.25. The fourth-order valence-corrected chi connectivity index (χ4v) is 0.818. The van der Waals surface area contributed by atoms with E-state index in [1.807, 2.05) is 19.1 Å². The molecular formula is C9H10O. The number of hydrogen-bond acceptors (Lipinski definition) is 1. The van der Waals surface area contributed by atoms with E-state index >= 15 is 0 Å². The molecule has 0 unspecified atom stereocenters. The summed E-state index contributed by atoms with van der Waals surface area (Å²) in [6.07, 6.45) is 3.87. The van der Waals surface area contributed by atoms with Crippen molar-refractivity contribution in [2.75, 3.05) is 0 Å². The Balaban J connectivity index is 2.69. The second-order valence-electron chi connectivity index (χ2n) is 2.20. The van der Waals surface area contributed by atoms with Gasteiger partial charge in [0.1, 0.15) is 5.75 Å². The van der Waals surface area contributed by atoms with Gasteiger partial charge in [-0.2, -0.15) is 0 Å². The smallest absolute Gasteiger partial charge is 0.115 e. The molecule has 0 saturated carbocycles. The lowest BCUT2D eigenvalue weighted by molar-refractivity contribution is 0.475. The van der Waals surface area contributed by atoms with E-state index in [-0.39, 0.29) is 0 Å². The maximum Gasteiger partial charge on any atom is 0.115 e. The third kappa shape index (κ3) is 1.76. The molecule has 0 aliphatic rings. The fourth-order valence-electron chi connectivity index (χ4n) is 0.818. The van der Waals surface area contributed by atoms with E-state index in [1.54, 1.807) is 12.1 Å². The zero-order chi connectivity index (χ0) is 7.40. The topological polar surface area (TPSA) is 20.2 Å². The highest BCUT2D eigenvalue weighted by molar-refractivity contribution is 5.26. The van der Waals surface area contributed by atoms with Crippen LogP contribution in [0.2, 0.25) is 0 Å². The Morgan fingerprint density at radius 3 is 2.40 bits per heavy atom. The van der Waals surface area contributed by atoms with Crippen molar-refractivity contribution in [2.24, 2.45) is 0 Å². The van der Waals surface area contributed by atoms with Crippen molar-refractivity contribution in [1.82, 2.24) is 0 Å². The molecule has 0 amide bonds. The lowest BCUT2D eigenvalue weighted by Crippen LogP contribution is -1.80. The van der Waals surface area contributed by atoms with E-state index in [2.05, 4.69) is 6.42 Å². The lowest BCUT2D eigenvalue weighted by atomic mass is 10.1. The van der Waals surface area contributed by atoms with Crippen LogP contribution in [0.3, 0.4) is 0 Å². The molecule has 2 radical (unpaired) electrons. The minimum atomic E-state index is 0.319. The number of hydrogen-bond donors (Lipinski definition) is 1. The van der Waals surface area contributed by atoms with Gasteiger partial charge in [-0.1, -0.05) is 19.1 Å². The number of aromatic hydroxyl groups is 1. The van der Waals surface area contributed by atoms with Crippen molar-refractivity contribution in [3.05, 3.63) is 36.2 Å². The molecule has 10 heavy (non-hydrogen) atoms. The summed E-state index contributed by atoms with van der Waals surface area (Å²) in [5.74, 6) is 0.319. The van der Waals surface area contributed by atoms with Crippen LogP contribution in [0.4, 0.5) is 0 Å². The highest BCUT2D eigenvalue weighted by atomic mass is 16.3. The van der Waals surface area contributed by atoms with Crippen molar-refractivity contribution in [3.63, 3.8) is 0 Å². The van der Waals surface area contributed by atoms with Gasteiger partial charge in [0.15, 0.2) is 0 Å². The van der Waals surface area contributed by atoms with Crippen molar-refractivity contribution in [1.29, 1.82) is 0 Å². The summed E-state index contributed by atoms with van der Waals surface area (Å²) in [6, 6.07) is 7.16. The second-order valence-corrected chi connectivity index (χ2v) is 2.20. The third-order valence-corrected chi connectivity index (χ3v) is 1.32. The summed E-state index contributed by atoms with van der Waals surface area (Å²) >= 11 is 0. The Morgan fingerprint density at radius 1 is 1.30 bits per heavy atom. The molecule has 1 nitrogen and oxygen atoms in total. The number of rotatable bonds is 2. The molecule has 0 aliphatic heterocycles. The van der Waals surface area contributed by atoms with E-state index in [0.29, 0.717) is 5.75 Å². The van der Waals surface area contributed by atoms with Crippen LogP contribution in [0.1, 0.15) is 12.5 Å². The zero-order valence-corrected chi connectivity index (χ0v) is 5.96. The van der Waals surface area contributed by atoms with Crippen molar-refractivity contribution >= 4 is 0 Å². The van der Waals surface area contributed by atoms with Gasteiger partial charge in [0, 0.05) is 0 Å². The summed E-state index contributed by atoms with van der Waals surface area (Å²) in [6.45, 7) is 1.90. The van der Waals surface area contributed by atoms with Gasteiger partial charge in [-0.05, 0) is 30.5 Å². The Kier molecular flexibility index (Phi) is 2.32. The Hall–Kier alpha value is -0.980. The standard InChI is InChI=1S/C9H10O/c1-2-3-8-4-6-9(10)7-5-8/h4-7,10H,3H2,1H3. The SMILES string of the molecule is C[C]Cc1ccc(O)cc1. The molecule has 1 aromatic carbocycles. The molecule has 1 aromatic rings. The van der Waals surface area contributed by atoms with Crippen molar-refractivity contribution < 1.29 is 5.11 Å². The molecule has 1 rings (SSSR count). The number of benzene rings is 1. The van der Waals surface area contributed by atoms with Gasteiger partial charge < -0.3 is 5.11 Å². The van der Waals surface area contributed by atoms with Crippen LogP contribution in [0.15, 0.2) is 24.3 Å². The molecule has 0 saturated heterocycles. The molecule has 1 heteroatoms. The van der Waals surface area contributed by atoms with E-state index < -0.39 is 0 Å². The molecule has 0 spiro atoms. The Morgan fingerprint density at radius 2 is 1.90 bits per heavy atom. The normalized spacial score (nSPS) is 9.70. The first-order valence-electron chi connectivity index (χ1n) is 3.25. The second kappa shape index (κ2) is 3.25. The molecule has 0 atom stereocenters. The van der Waals surface area contributed by atoms with Gasteiger partial charge in [0.25, 0.3) is 0 Å². The summed E-state index contributed by atoms with van der Waals surface area (Å²) < 4.78 is 0. The summed E-state index contributed by atoms with van der Waals surface area (Å²) in [4.78, 5) is 0. The van der Waals surface area contributed by atoms with Crippen molar-refractivity contribution in [2.45, 2.75) is 13.3 Å². The maximum absolute atomic E-state index is 8.90. The van der Waals surface area contributed by atoms with E-state index in [4.69, 9.17) is 5.11 Å². The summed E-state index contributed by atoms with van der Waals surface area (Å²) in [7, 11) is 0. The van der Waals surface area contributed by atoms with Gasteiger partial charge in [0.05, 0.1) is 0 Å². The largest absolute Gasteiger partial charge is 0.508 e. The molecule has 52 valence electrons. The van der Waals surface area contributed by atoms with Gasteiger partial charge >= 0.3 is 0 Å². The molecule has 0 bridgehead atoms. The van der Waals surface area contributed by atoms with E-state index in [0.717, 1.165) is 6.42 Å². The Bertz CT molecular complexity index is 188. The number of phenolic OH excluding ortho intramolecular Hbond substituents is 1. The van der Waals surface area contributed by atoms with Gasteiger partial charge in [-0.15, -0.1) is 0 Å². The predicted molar refractivity (Wildman–Crippen MR) is 40.7 cm³/mol. The quantitative estimate of drug-likeness (QED) is 0.656. The molecule has 0 heterocycles. The van der Waals surface area contributed by atoms with Crippen molar-refractivity contribution in [3.8, 4) is 5.75 Å². The van der Waals surface area contributed by atoms with Crippen LogP contribution in [-0.2, 0) is 6.42 Å². The lowest BCUT2D eigenvalue weighted by Gasteiger charge is -1.96. The third-order valence-electron chi connectivity index (χ3n) is 1.32. The zero-order valence-electron chi connectivity index (χ0n) is 5.96. The average molecular weight is 134 g/mol. The molecule has 0 aliphatic carbocycles. The van der Waals surface area contributed by atoms with Crippen LogP contribution in [0, 0.1) is 6.42 Å². The predicted octanol–water partition coefficient (Wildman–Crippen LogP) is 2.04. The maximum atomic E-state index is 8.90. The summed E-state index contributed by atoms with van der Waals surface area (Å²) in [5, 5.41) is 8.90. The van der Waals surface area contributed by atoms with Crippen LogP contribution in [0.25, 0.3) is 0 Å². The fraction of sp³-hybridized carbons (Fsp3) is 0.222. The average Bonchev–Trinajstić information content (AvgIpc) is 1.95. The number of phenols is 1. The van der Waals surface area contributed by atoms with Crippen LogP contribution < -0.4 is 0 Å². The van der Waals surface area contributed by atoms with E-state index in [9.17, 15) is 0 Å². The molecular weight excluding hydrogens is 124 g/mol. The highest BCUT2D eigenvalue weighted by Gasteiger charge is 1.89. The van der Waals surface area contributed by atoms with Gasteiger partial charge in [0.2, 0.25) is 0 Å². The Labute approximate surface area is 61.3 Å². The van der Waals surface area contributed by atoms with Gasteiger partial charge in [-0.3, -0.25) is 0 Å². The van der Waals surface area contributed by atoms with Crippen LogP contribution in [-0.4, -0.2) is 5.11 Å². The first kappa shape index (κ1) is 7.13. The van der Waals surface area contributed by atoms with E-state index in [1.165, 1.54) is 5.56 Å². The molecule has 1 N–H and O–H groups in total. The molecule has 0 aromatic heterocycles. The monoisotopic (exact) mass is 134 g/mol. The highest BCUT2D eigenvalue weighted by Crippen LogP contribution is 2.10.